The number of carbonyl (C=O) groups is 1. The van der Waals surface area contributed by atoms with Crippen molar-refractivity contribution in [2.24, 2.45) is 0 Å². The number of rotatable bonds is 9. The van der Waals surface area contributed by atoms with Crippen molar-refractivity contribution < 1.29 is 14.3 Å². The molecule has 6 nitrogen and oxygen atoms in total. The standard InChI is InChI=1S/C27H31N3O3S/c1-32-23-13-11-21(18-24(23)33-2)15-16-28-19-26(31)30-17-7-6-10-22-27(30)34-25(29-22)14-12-20-8-4-3-5-9-20/h3-5,8-9,11-14,18,28H,6-7,10,15-17,19H2,1-2H3/b14-12+. The Morgan fingerprint density at radius 2 is 1.91 bits per heavy atom. The van der Waals surface area contributed by atoms with Gasteiger partial charge in [0.2, 0.25) is 5.91 Å². The molecule has 0 atom stereocenters. The van der Waals surface area contributed by atoms with Crippen LogP contribution < -0.4 is 19.7 Å². The van der Waals surface area contributed by atoms with Gasteiger partial charge in [-0.2, -0.15) is 0 Å². The Balaban J connectivity index is 1.35. The van der Waals surface area contributed by atoms with Crippen LogP contribution >= 0.6 is 11.3 Å². The van der Waals surface area contributed by atoms with Gasteiger partial charge in [0.05, 0.1) is 26.5 Å². The van der Waals surface area contributed by atoms with Gasteiger partial charge in [0, 0.05) is 6.54 Å². The van der Waals surface area contributed by atoms with E-state index in [1.807, 2.05) is 47.4 Å². The average molecular weight is 478 g/mol. The van der Waals surface area contributed by atoms with Gasteiger partial charge in [-0.1, -0.05) is 53.8 Å². The molecular weight excluding hydrogens is 446 g/mol. The van der Waals surface area contributed by atoms with Crippen LogP contribution in [0, 0.1) is 0 Å². The molecule has 2 heterocycles. The second-order valence-electron chi connectivity index (χ2n) is 8.17. The van der Waals surface area contributed by atoms with E-state index < -0.39 is 0 Å². The summed E-state index contributed by atoms with van der Waals surface area (Å²) in [6.45, 7) is 1.75. The van der Waals surface area contributed by atoms with Gasteiger partial charge in [0.15, 0.2) is 11.5 Å². The molecule has 0 bridgehead atoms. The van der Waals surface area contributed by atoms with Crippen LogP contribution in [0.25, 0.3) is 12.2 Å². The van der Waals surface area contributed by atoms with E-state index >= 15 is 0 Å². The number of methoxy groups -OCH3 is 2. The number of hydrogen-bond donors (Lipinski definition) is 1. The van der Waals surface area contributed by atoms with Gasteiger partial charge in [-0.15, -0.1) is 0 Å². The summed E-state index contributed by atoms with van der Waals surface area (Å²) in [5.41, 5.74) is 3.31. The normalized spacial score (nSPS) is 13.5. The lowest BCUT2D eigenvalue weighted by molar-refractivity contribution is -0.117. The topological polar surface area (TPSA) is 63.7 Å². The number of aryl methyl sites for hydroxylation is 1. The molecule has 1 aliphatic heterocycles. The molecule has 0 fully saturated rings. The summed E-state index contributed by atoms with van der Waals surface area (Å²) in [5.74, 6) is 1.53. The molecule has 1 aliphatic rings. The van der Waals surface area contributed by atoms with E-state index in [2.05, 4.69) is 23.5 Å². The minimum atomic E-state index is 0.0951. The highest BCUT2D eigenvalue weighted by Gasteiger charge is 2.24. The largest absolute Gasteiger partial charge is 0.493 e. The summed E-state index contributed by atoms with van der Waals surface area (Å²) in [5, 5.41) is 5.25. The van der Waals surface area contributed by atoms with E-state index in [9.17, 15) is 4.79 Å². The van der Waals surface area contributed by atoms with Crippen molar-refractivity contribution in [1.82, 2.24) is 10.3 Å². The Kier molecular flexibility index (Phi) is 8.33. The van der Waals surface area contributed by atoms with Gasteiger partial charge >= 0.3 is 0 Å². The highest BCUT2D eigenvalue weighted by atomic mass is 32.1. The molecule has 0 radical (unpaired) electrons. The molecule has 0 saturated heterocycles. The highest BCUT2D eigenvalue weighted by molar-refractivity contribution is 7.17. The minimum Gasteiger partial charge on any atom is -0.493 e. The molecule has 0 saturated carbocycles. The minimum absolute atomic E-state index is 0.0951. The van der Waals surface area contributed by atoms with E-state index in [4.69, 9.17) is 14.5 Å². The molecule has 0 spiro atoms. The van der Waals surface area contributed by atoms with Gasteiger partial charge in [0.25, 0.3) is 0 Å². The molecule has 7 heteroatoms. The lowest BCUT2D eigenvalue weighted by atomic mass is 10.1. The smallest absolute Gasteiger partial charge is 0.241 e. The quantitative estimate of drug-likeness (QED) is 0.447. The first-order valence-corrected chi connectivity index (χ1v) is 12.4. The molecule has 3 aromatic rings. The fourth-order valence-electron chi connectivity index (χ4n) is 4.00. The molecular formula is C27H31N3O3S. The fraction of sp³-hybridized carbons (Fsp3) is 0.333. The van der Waals surface area contributed by atoms with E-state index in [-0.39, 0.29) is 5.91 Å². The molecule has 1 aromatic heterocycles. The van der Waals surface area contributed by atoms with Gasteiger partial charge in [-0.3, -0.25) is 4.79 Å². The van der Waals surface area contributed by atoms with Gasteiger partial charge < -0.3 is 19.7 Å². The number of thiazole rings is 1. The monoisotopic (exact) mass is 477 g/mol. The molecule has 178 valence electrons. The van der Waals surface area contributed by atoms with Gasteiger partial charge in [0.1, 0.15) is 10.0 Å². The SMILES string of the molecule is COc1ccc(CCNCC(=O)N2CCCCc3nc(/C=C/c4ccccc4)sc32)cc1OC. The van der Waals surface area contributed by atoms with Crippen LogP contribution in [0.15, 0.2) is 48.5 Å². The third-order valence-corrected chi connectivity index (χ3v) is 6.90. The Labute approximate surface area is 205 Å². The fourth-order valence-corrected chi connectivity index (χ4v) is 5.06. The van der Waals surface area contributed by atoms with Crippen LogP contribution in [0.5, 0.6) is 11.5 Å². The average Bonchev–Trinajstić information content (AvgIpc) is 3.17. The molecule has 1 N–H and O–H groups in total. The zero-order valence-corrected chi connectivity index (χ0v) is 20.6. The zero-order valence-electron chi connectivity index (χ0n) is 19.8. The predicted molar refractivity (Wildman–Crippen MR) is 139 cm³/mol. The van der Waals surface area contributed by atoms with Crippen LogP contribution in [0.2, 0.25) is 0 Å². The first kappa shape index (κ1) is 24.0. The van der Waals surface area contributed by atoms with Crippen molar-refractivity contribution in [1.29, 1.82) is 0 Å². The van der Waals surface area contributed by atoms with Crippen molar-refractivity contribution in [3.05, 3.63) is 70.4 Å². The van der Waals surface area contributed by atoms with Gasteiger partial charge in [-0.05, 0) is 61.6 Å². The summed E-state index contributed by atoms with van der Waals surface area (Å²) in [6, 6.07) is 16.1. The van der Waals surface area contributed by atoms with Crippen molar-refractivity contribution in [3.8, 4) is 11.5 Å². The van der Waals surface area contributed by atoms with E-state index in [1.165, 1.54) is 0 Å². The number of aromatic nitrogens is 1. The molecule has 0 aliphatic carbocycles. The Hall–Kier alpha value is -3.16. The van der Waals surface area contributed by atoms with Crippen LogP contribution in [0.3, 0.4) is 0 Å². The number of amides is 1. The molecule has 34 heavy (non-hydrogen) atoms. The highest BCUT2D eigenvalue weighted by Crippen LogP contribution is 2.33. The zero-order chi connectivity index (χ0) is 23.8. The predicted octanol–water partition coefficient (Wildman–Crippen LogP) is 4.83. The van der Waals surface area contributed by atoms with Crippen molar-refractivity contribution in [2.45, 2.75) is 25.7 Å². The molecule has 4 rings (SSSR count). The molecule has 2 aromatic carbocycles. The molecule has 0 unspecified atom stereocenters. The summed E-state index contributed by atoms with van der Waals surface area (Å²) in [7, 11) is 3.26. The van der Waals surface area contributed by atoms with Crippen LogP contribution in [0.1, 0.15) is 34.7 Å². The summed E-state index contributed by atoms with van der Waals surface area (Å²) < 4.78 is 10.7. The van der Waals surface area contributed by atoms with Crippen molar-refractivity contribution in [2.75, 3.05) is 38.8 Å². The van der Waals surface area contributed by atoms with E-state index in [1.54, 1.807) is 25.6 Å². The number of nitrogens with zero attached hydrogens (tertiary/aromatic N) is 2. The Morgan fingerprint density at radius 3 is 2.71 bits per heavy atom. The number of hydrogen-bond acceptors (Lipinski definition) is 6. The summed E-state index contributed by atoms with van der Waals surface area (Å²) in [6.07, 6.45) is 7.87. The van der Waals surface area contributed by atoms with Crippen LogP contribution in [-0.4, -0.2) is 44.7 Å². The number of ether oxygens (including phenoxy) is 2. The van der Waals surface area contributed by atoms with Crippen LogP contribution in [0.4, 0.5) is 5.00 Å². The number of fused-ring (bicyclic) bond motifs is 1. The Morgan fingerprint density at radius 1 is 1.09 bits per heavy atom. The van der Waals surface area contributed by atoms with Gasteiger partial charge in [-0.25, -0.2) is 4.98 Å². The lowest BCUT2D eigenvalue weighted by Gasteiger charge is -2.20. The second-order valence-corrected chi connectivity index (χ2v) is 9.18. The van der Waals surface area contributed by atoms with Crippen molar-refractivity contribution >= 4 is 34.4 Å². The lowest BCUT2D eigenvalue weighted by Crippen LogP contribution is -2.39. The second kappa shape index (κ2) is 11.8. The summed E-state index contributed by atoms with van der Waals surface area (Å²) >= 11 is 1.60. The van der Waals surface area contributed by atoms with E-state index in [0.717, 1.165) is 64.8 Å². The number of benzene rings is 2. The molecule has 1 amide bonds. The van der Waals surface area contributed by atoms with E-state index in [0.29, 0.717) is 18.8 Å². The summed E-state index contributed by atoms with van der Waals surface area (Å²) in [4.78, 5) is 19.8. The van der Waals surface area contributed by atoms with Crippen molar-refractivity contribution in [3.63, 3.8) is 0 Å². The number of anilines is 1. The first-order chi connectivity index (χ1) is 16.7. The third kappa shape index (κ3) is 6.04. The maximum Gasteiger partial charge on any atom is 0.241 e. The maximum absolute atomic E-state index is 13.1. The number of nitrogens with one attached hydrogen (secondary N) is 1. The third-order valence-electron chi connectivity index (χ3n) is 5.82. The maximum atomic E-state index is 13.1. The number of carbonyl (C=O) groups excluding carboxylic acids is 1. The Bertz CT molecular complexity index is 1130. The first-order valence-electron chi connectivity index (χ1n) is 11.6. The van der Waals surface area contributed by atoms with Crippen LogP contribution in [-0.2, 0) is 17.6 Å².